The highest BCUT2D eigenvalue weighted by Crippen LogP contribution is 2.28. The van der Waals surface area contributed by atoms with Gasteiger partial charge in [-0.05, 0) is 53.6 Å². The molecule has 2 aromatic rings. The Balaban J connectivity index is 2.14. The Labute approximate surface area is 162 Å². The van der Waals surface area contributed by atoms with Crippen LogP contribution in [-0.2, 0) is 21.9 Å². The fraction of sp³-hybridized carbons (Fsp3) is 0.429. The second-order valence-electron chi connectivity index (χ2n) is 7.57. The number of sulfonamides is 1. The molecule has 2 rings (SSSR count). The molecule has 0 saturated carbocycles. The van der Waals surface area contributed by atoms with E-state index < -0.39 is 10.0 Å². The van der Waals surface area contributed by atoms with E-state index in [2.05, 4.69) is 25.5 Å². The normalized spacial score (nSPS) is 12.1. The lowest BCUT2D eigenvalue weighted by molar-refractivity contribution is 0.354. The molecule has 0 unspecified atom stereocenters. The highest BCUT2D eigenvalue weighted by atomic mass is 32.2. The molecule has 0 bridgehead atoms. The van der Waals surface area contributed by atoms with Crippen LogP contribution >= 0.6 is 0 Å². The van der Waals surface area contributed by atoms with E-state index in [1.165, 1.54) is 0 Å². The van der Waals surface area contributed by atoms with Gasteiger partial charge in [-0.1, -0.05) is 39.0 Å². The van der Waals surface area contributed by atoms with Gasteiger partial charge in [0.25, 0.3) is 0 Å². The summed E-state index contributed by atoms with van der Waals surface area (Å²) < 4.78 is 38.8. The van der Waals surface area contributed by atoms with E-state index in [4.69, 9.17) is 9.47 Å². The highest BCUT2D eigenvalue weighted by molar-refractivity contribution is 7.89. The highest BCUT2D eigenvalue weighted by Gasteiger charge is 2.21. The van der Waals surface area contributed by atoms with Crippen molar-refractivity contribution in [2.45, 2.75) is 44.4 Å². The summed E-state index contributed by atoms with van der Waals surface area (Å²) in [5.74, 6) is 1.28. The zero-order valence-corrected chi connectivity index (χ0v) is 17.7. The van der Waals surface area contributed by atoms with E-state index in [1.54, 1.807) is 20.3 Å². The van der Waals surface area contributed by atoms with Gasteiger partial charge in [0.2, 0.25) is 10.0 Å². The molecule has 2 aromatic carbocycles. The van der Waals surface area contributed by atoms with E-state index >= 15 is 0 Å². The third kappa shape index (κ3) is 5.23. The first kappa shape index (κ1) is 21.3. The molecule has 0 atom stereocenters. The Bertz CT molecular complexity index is 899. The van der Waals surface area contributed by atoms with Crippen molar-refractivity contribution in [2.75, 3.05) is 20.8 Å². The number of nitrogens with one attached hydrogen (secondary N) is 1. The molecule has 0 radical (unpaired) electrons. The second-order valence-corrected chi connectivity index (χ2v) is 9.30. The van der Waals surface area contributed by atoms with Crippen LogP contribution < -0.4 is 14.2 Å². The number of methoxy groups -OCH3 is 2. The Morgan fingerprint density at radius 1 is 0.963 bits per heavy atom. The number of rotatable bonds is 7. The van der Waals surface area contributed by atoms with Crippen LogP contribution in [0.5, 0.6) is 11.5 Å². The number of ether oxygens (including phenoxy) is 2. The van der Waals surface area contributed by atoms with Crippen LogP contribution in [0.4, 0.5) is 0 Å². The first-order valence-corrected chi connectivity index (χ1v) is 10.4. The second kappa shape index (κ2) is 8.31. The molecular formula is C21H29NO4S. The third-order valence-electron chi connectivity index (χ3n) is 4.50. The Kier molecular flexibility index (Phi) is 6.54. The van der Waals surface area contributed by atoms with E-state index in [0.717, 1.165) is 16.7 Å². The summed E-state index contributed by atoms with van der Waals surface area (Å²) in [5.41, 5.74) is 2.59. The first-order chi connectivity index (χ1) is 12.6. The zero-order chi connectivity index (χ0) is 20.2. The van der Waals surface area contributed by atoms with Gasteiger partial charge >= 0.3 is 0 Å². The van der Waals surface area contributed by atoms with Crippen molar-refractivity contribution < 1.29 is 17.9 Å². The fourth-order valence-electron chi connectivity index (χ4n) is 2.80. The van der Waals surface area contributed by atoms with Gasteiger partial charge < -0.3 is 9.47 Å². The van der Waals surface area contributed by atoms with Crippen LogP contribution in [0.3, 0.4) is 0 Å². The average Bonchev–Trinajstić information content (AvgIpc) is 2.60. The quantitative estimate of drug-likeness (QED) is 0.779. The average molecular weight is 392 g/mol. The third-order valence-corrected chi connectivity index (χ3v) is 6.10. The van der Waals surface area contributed by atoms with Crippen LogP contribution in [0.1, 0.15) is 37.5 Å². The van der Waals surface area contributed by atoms with Gasteiger partial charge in [0, 0.05) is 6.54 Å². The maximum Gasteiger partial charge on any atom is 0.240 e. The number of hydrogen-bond donors (Lipinski definition) is 1. The molecule has 0 aliphatic carbocycles. The van der Waals surface area contributed by atoms with Crippen LogP contribution in [0, 0.1) is 6.92 Å². The van der Waals surface area contributed by atoms with Gasteiger partial charge in [-0.3, -0.25) is 0 Å². The molecule has 0 amide bonds. The van der Waals surface area contributed by atoms with Gasteiger partial charge in [-0.2, -0.15) is 0 Å². The first-order valence-electron chi connectivity index (χ1n) is 8.90. The summed E-state index contributed by atoms with van der Waals surface area (Å²) in [6.07, 6.45) is 0.553. The predicted molar refractivity (Wildman–Crippen MR) is 108 cm³/mol. The van der Waals surface area contributed by atoms with Gasteiger partial charge in [-0.25, -0.2) is 13.1 Å². The van der Waals surface area contributed by atoms with Crippen LogP contribution in [-0.4, -0.2) is 29.2 Å². The molecule has 6 heteroatoms. The maximum atomic E-state index is 12.8. The SMILES string of the molecule is COc1ccc(CCNS(=O)(=O)c2cc(C(C)(C)C)ccc2C)cc1OC. The van der Waals surface area contributed by atoms with Crippen LogP contribution in [0.2, 0.25) is 0 Å². The molecule has 5 nitrogen and oxygen atoms in total. The minimum atomic E-state index is -3.58. The summed E-state index contributed by atoms with van der Waals surface area (Å²) in [7, 11) is -0.417. The summed E-state index contributed by atoms with van der Waals surface area (Å²) >= 11 is 0. The molecule has 0 fully saturated rings. The molecule has 0 aliphatic rings. The van der Waals surface area contributed by atoms with Crippen molar-refractivity contribution in [3.05, 3.63) is 53.1 Å². The van der Waals surface area contributed by atoms with Crippen molar-refractivity contribution in [1.82, 2.24) is 4.72 Å². The van der Waals surface area contributed by atoms with Gasteiger partial charge in [0.1, 0.15) is 0 Å². The minimum absolute atomic E-state index is 0.113. The van der Waals surface area contributed by atoms with Crippen LogP contribution in [0.25, 0.3) is 0 Å². The van der Waals surface area contributed by atoms with Crippen LogP contribution in [0.15, 0.2) is 41.3 Å². The van der Waals surface area contributed by atoms with Gasteiger partial charge in [0.05, 0.1) is 19.1 Å². The summed E-state index contributed by atoms with van der Waals surface area (Å²) in [4.78, 5) is 0.335. The Morgan fingerprint density at radius 3 is 2.22 bits per heavy atom. The van der Waals surface area contributed by atoms with E-state index in [-0.39, 0.29) is 5.41 Å². The van der Waals surface area contributed by atoms with Crippen molar-refractivity contribution in [1.29, 1.82) is 0 Å². The monoisotopic (exact) mass is 391 g/mol. The largest absolute Gasteiger partial charge is 0.493 e. The Hall–Kier alpha value is -2.05. The Morgan fingerprint density at radius 2 is 1.63 bits per heavy atom. The summed E-state index contributed by atoms with van der Waals surface area (Å²) in [5, 5.41) is 0. The molecular weight excluding hydrogens is 362 g/mol. The fourth-order valence-corrected chi connectivity index (χ4v) is 4.10. The van der Waals surface area contributed by atoms with E-state index in [0.29, 0.717) is 29.4 Å². The predicted octanol–water partition coefficient (Wildman–Crippen LogP) is 3.83. The van der Waals surface area contributed by atoms with Crippen molar-refractivity contribution in [3.63, 3.8) is 0 Å². The zero-order valence-electron chi connectivity index (χ0n) is 16.9. The molecule has 148 valence electrons. The van der Waals surface area contributed by atoms with Crippen molar-refractivity contribution >= 4 is 10.0 Å². The summed E-state index contributed by atoms with van der Waals surface area (Å²) in [6, 6.07) is 11.2. The number of benzene rings is 2. The lowest BCUT2D eigenvalue weighted by Crippen LogP contribution is -2.27. The number of hydrogen-bond acceptors (Lipinski definition) is 4. The molecule has 1 N–H and O–H groups in total. The lowest BCUT2D eigenvalue weighted by Gasteiger charge is -2.21. The minimum Gasteiger partial charge on any atom is -0.493 e. The van der Waals surface area contributed by atoms with Crippen molar-refractivity contribution in [2.24, 2.45) is 0 Å². The van der Waals surface area contributed by atoms with Crippen molar-refractivity contribution in [3.8, 4) is 11.5 Å². The van der Waals surface area contributed by atoms with Gasteiger partial charge in [-0.15, -0.1) is 0 Å². The molecule has 0 spiro atoms. The van der Waals surface area contributed by atoms with E-state index in [1.807, 2.05) is 37.3 Å². The number of aryl methyl sites for hydroxylation is 1. The standard InChI is InChI=1S/C21H29NO4S/c1-15-7-9-17(21(2,3)4)14-20(15)27(23,24)22-12-11-16-8-10-18(25-5)19(13-16)26-6/h7-10,13-14,22H,11-12H2,1-6H3. The molecule has 0 aromatic heterocycles. The summed E-state index contributed by atoms with van der Waals surface area (Å²) in [6.45, 7) is 8.32. The smallest absolute Gasteiger partial charge is 0.240 e. The van der Waals surface area contributed by atoms with E-state index in [9.17, 15) is 8.42 Å². The van der Waals surface area contributed by atoms with Gasteiger partial charge in [0.15, 0.2) is 11.5 Å². The molecule has 0 aliphatic heterocycles. The lowest BCUT2D eigenvalue weighted by atomic mass is 9.87. The molecule has 0 saturated heterocycles. The maximum absolute atomic E-state index is 12.8. The topological polar surface area (TPSA) is 64.6 Å². The molecule has 0 heterocycles. The molecule has 27 heavy (non-hydrogen) atoms.